The number of hydrogen-bond acceptors (Lipinski definition) is 3. The van der Waals surface area contributed by atoms with Crippen LogP contribution in [0.1, 0.15) is 46.5 Å². The number of epoxide rings is 1. The van der Waals surface area contributed by atoms with Crippen molar-refractivity contribution in [1.29, 1.82) is 0 Å². The van der Waals surface area contributed by atoms with Gasteiger partial charge in [0.05, 0.1) is 24.4 Å². The SMILES string of the molecule is COC1CCC2(CO2)C([C@H](C)CCC=C(C)C)C1OC. The second-order valence-corrected chi connectivity index (χ2v) is 6.73. The molecular formula is C17H30O3. The molecule has 1 heterocycles. The summed E-state index contributed by atoms with van der Waals surface area (Å²) in [5.41, 5.74) is 1.48. The van der Waals surface area contributed by atoms with Crippen molar-refractivity contribution in [3.05, 3.63) is 11.6 Å². The molecule has 1 aliphatic heterocycles. The smallest absolute Gasteiger partial charge is 0.0973 e. The van der Waals surface area contributed by atoms with Crippen molar-refractivity contribution in [2.45, 2.75) is 64.3 Å². The van der Waals surface area contributed by atoms with E-state index >= 15 is 0 Å². The van der Waals surface area contributed by atoms with Gasteiger partial charge in [-0.25, -0.2) is 0 Å². The van der Waals surface area contributed by atoms with Crippen LogP contribution in [-0.2, 0) is 14.2 Å². The van der Waals surface area contributed by atoms with Gasteiger partial charge in [-0.1, -0.05) is 18.6 Å². The molecule has 0 amide bonds. The molecule has 1 saturated heterocycles. The first-order valence-corrected chi connectivity index (χ1v) is 7.87. The van der Waals surface area contributed by atoms with E-state index in [0.29, 0.717) is 11.8 Å². The van der Waals surface area contributed by atoms with Crippen molar-refractivity contribution in [2.75, 3.05) is 20.8 Å². The van der Waals surface area contributed by atoms with E-state index in [4.69, 9.17) is 14.2 Å². The molecule has 0 N–H and O–H groups in total. The molecule has 3 heteroatoms. The summed E-state index contributed by atoms with van der Waals surface area (Å²) in [5, 5.41) is 0. The van der Waals surface area contributed by atoms with Crippen LogP contribution in [0.4, 0.5) is 0 Å². The van der Waals surface area contributed by atoms with Gasteiger partial charge in [0.2, 0.25) is 0 Å². The highest BCUT2D eigenvalue weighted by molar-refractivity contribution is 5.08. The van der Waals surface area contributed by atoms with E-state index in [2.05, 4.69) is 26.8 Å². The van der Waals surface area contributed by atoms with Crippen LogP contribution in [0, 0.1) is 11.8 Å². The quantitative estimate of drug-likeness (QED) is 0.551. The van der Waals surface area contributed by atoms with Gasteiger partial charge in [0.25, 0.3) is 0 Å². The second-order valence-electron chi connectivity index (χ2n) is 6.73. The summed E-state index contributed by atoms with van der Waals surface area (Å²) in [6.07, 6.45) is 7.20. The van der Waals surface area contributed by atoms with Crippen molar-refractivity contribution >= 4 is 0 Å². The Morgan fingerprint density at radius 3 is 2.55 bits per heavy atom. The van der Waals surface area contributed by atoms with Crippen molar-refractivity contribution in [3.63, 3.8) is 0 Å². The molecule has 2 fully saturated rings. The zero-order chi connectivity index (χ0) is 14.8. The summed E-state index contributed by atoms with van der Waals surface area (Å²) in [4.78, 5) is 0. The average molecular weight is 282 g/mol. The zero-order valence-corrected chi connectivity index (χ0v) is 13.6. The maximum absolute atomic E-state index is 5.87. The van der Waals surface area contributed by atoms with Gasteiger partial charge in [0.1, 0.15) is 0 Å². The first-order valence-electron chi connectivity index (χ1n) is 7.87. The van der Waals surface area contributed by atoms with Crippen LogP contribution in [-0.4, -0.2) is 38.6 Å². The molecule has 0 aromatic rings. The summed E-state index contributed by atoms with van der Waals surface area (Å²) in [7, 11) is 3.61. The predicted octanol–water partition coefficient (Wildman–Crippen LogP) is 3.58. The first-order chi connectivity index (χ1) is 9.54. The van der Waals surface area contributed by atoms with Crippen molar-refractivity contribution in [1.82, 2.24) is 0 Å². The van der Waals surface area contributed by atoms with Crippen LogP contribution < -0.4 is 0 Å². The summed E-state index contributed by atoms with van der Waals surface area (Å²) >= 11 is 0. The number of allylic oxidation sites excluding steroid dienone is 2. The molecule has 5 atom stereocenters. The molecule has 4 unspecified atom stereocenters. The van der Waals surface area contributed by atoms with Crippen LogP contribution in [0.15, 0.2) is 11.6 Å². The summed E-state index contributed by atoms with van der Waals surface area (Å²) in [6, 6.07) is 0. The first kappa shape index (κ1) is 16.0. The fourth-order valence-electron chi connectivity index (χ4n) is 3.88. The molecule has 1 spiro atoms. The molecule has 3 nitrogen and oxygen atoms in total. The third-order valence-electron chi connectivity index (χ3n) is 5.06. The normalized spacial score (nSPS) is 37.8. The average Bonchev–Trinajstić information content (AvgIpc) is 3.17. The molecule has 116 valence electrons. The van der Waals surface area contributed by atoms with E-state index in [0.717, 1.165) is 25.9 Å². The Bertz CT molecular complexity index is 342. The minimum atomic E-state index is 0.0834. The van der Waals surface area contributed by atoms with Gasteiger partial charge in [-0.05, 0) is 45.4 Å². The van der Waals surface area contributed by atoms with E-state index in [1.54, 1.807) is 7.11 Å². The Morgan fingerprint density at radius 2 is 2.05 bits per heavy atom. The minimum Gasteiger partial charge on any atom is -0.379 e. The largest absolute Gasteiger partial charge is 0.379 e. The topological polar surface area (TPSA) is 31.0 Å². The fourth-order valence-corrected chi connectivity index (χ4v) is 3.88. The molecule has 1 saturated carbocycles. The summed E-state index contributed by atoms with van der Waals surface area (Å²) in [6.45, 7) is 7.57. The molecule has 1 aliphatic carbocycles. The molecule has 0 bridgehead atoms. The Balaban J connectivity index is 2.05. The van der Waals surface area contributed by atoms with Gasteiger partial charge in [-0.2, -0.15) is 0 Å². The van der Waals surface area contributed by atoms with Crippen LogP contribution >= 0.6 is 0 Å². The molecule has 0 aromatic heterocycles. The van der Waals surface area contributed by atoms with E-state index in [-0.39, 0.29) is 17.8 Å². The van der Waals surface area contributed by atoms with Gasteiger partial charge in [-0.15, -0.1) is 0 Å². The van der Waals surface area contributed by atoms with E-state index in [1.807, 2.05) is 7.11 Å². The molecule has 0 aromatic carbocycles. The third kappa shape index (κ3) is 3.26. The van der Waals surface area contributed by atoms with E-state index < -0.39 is 0 Å². The molecule has 2 aliphatic rings. The monoisotopic (exact) mass is 282 g/mol. The summed E-state index contributed by atoms with van der Waals surface area (Å²) < 4.78 is 17.3. The number of methoxy groups -OCH3 is 2. The van der Waals surface area contributed by atoms with Crippen LogP contribution in [0.2, 0.25) is 0 Å². The fraction of sp³-hybridized carbons (Fsp3) is 0.882. The van der Waals surface area contributed by atoms with Gasteiger partial charge in [0, 0.05) is 20.1 Å². The standard InChI is InChI=1S/C17H30O3/c1-12(2)7-6-8-13(3)15-16(19-5)14(18-4)9-10-17(15)11-20-17/h7,13-16H,6,8-11H2,1-5H3/t13-,14?,15?,16?,17?/m1/s1. The van der Waals surface area contributed by atoms with Crippen molar-refractivity contribution < 1.29 is 14.2 Å². The van der Waals surface area contributed by atoms with E-state index in [1.165, 1.54) is 12.0 Å². The third-order valence-corrected chi connectivity index (χ3v) is 5.06. The molecule has 20 heavy (non-hydrogen) atoms. The summed E-state index contributed by atoms with van der Waals surface area (Å²) in [5.74, 6) is 1.05. The lowest BCUT2D eigenvalue weighted by molar-refractivity contribution is -0.124. The lowest BCUT2D eigenvalue weighted by Gasteiger charge is -2.43. The molecular weight excluding hydrogens is 252 g/mol. The van der Waals surface area contributed by atoms with Gasteiger partial charge < -0.3 is 14.2 Å². The maximum atomic E-state index is 5.87. The lowest BCUT2D eigenvalue weighted by Crippen LogP contribution is -2.51. The second kappa shape index (κ2) is 6.59. The highest BCUT2D eigenvalue weighted by atomic mass is 16.6. The molecule has 0 radical (unpaired) electrons. The Kier molecular flexibility index (Phi) is 5.27. The molecule has 2 rings (SSSR count). The number of rotatable bonds is 6. The highest BCUT2D eigenvalue weighted by Gasteiger charge is 2.59. The van der Waals surface area contributed by atoms with Gasteiger partial charge in [0.15, 0.2) is 0 Å². The Labute approximate surface area is 123 Å². The maximum Gasteiger partial charge on any atom is 0.0973 e. The van der Waals surface area contributed by atoms with Crippen molar-refractivity contribution in [2.24, 2.45) is 11.8 Å². The van der Waals surface area contributed by atoms with E-state index in [9.17, 15) is 0 Å². The number of hydrogen-bond donors (Lipinski definition) is 0. The number of ether oxygens (including phenoxy) is 3. The van der Waals surface area contributed by atoms with Gasteiger partial charge >= 0.3 is 0 Å². The van der Waals surface area contributed by atoms with Crippen LogP contribution in [0.5, 0.6) is 0 Å². The Hall–Kier alpha value is -0.380. The van der Waals surface area contributed by atoms with Crippen LogP contribution in [0.3, 0.4) is 0 Å². The highest BCUT2D eigenvalue weighted by Crippen LogP contribution is 2.51. The zero-order valence-electron chi connectivity index (χ0n) is 13.6. The van der Waals surface area contributed by atoms with Crippen molar-refractivity contribution in [3.8, 4) is 0 Å². The Morgan fingerprint density at radius 1 is 1.35 bits per heavy atom. The minimum absolute atomic E-state index is 0.0834. The van der Waals surface area contributed by atoms with Crippen LogP contribution in [0.25, 0.3) is 0 Å². The predicted molar refractivity (Wildman–Crippen MR) is 80.8 cm³/mol. The van der Waals surface area contributed by atoms with Gasteiger partial charge in [-0.3, -0.25) is 0 Å². The lowest BCUT2D eigenvalue weighted by atomic mass is 9.68.